The topological polar surface area (TPSA) is 76.7 Å². The third kappa shape index (κ3) is 4.80. The van der Waals surface area contributed by atoms with E-state index >= 15 is 0 Å². The summed E-state index contributed by atoms with van der Waals surface area (Å²) in [6.45, 7) is 3.74. The second-order valence-corrected chi connectivity index (χ2v) is 6.64. The second-order valence-electron chi connectivity index (χ2n) is 6.20. The van der Waals surface area contributed by atoms with Crippen LogP contribution in [0.25, 0.3) is 6.08 Å². The number of hydrogen-bond donors (Lipinski definition) is 2. The molecule has 27 heavy (non-hydrogen) atoms. The monoisotopic (exact) mass is 386 g/mol. The highest BCUT2D eigenvalue weighted by Gasteiger charge is 2.18. The van der Waals surface area contributed by atoms with Gasteiger partial charge in [0.1, 0.15) is 18.1 Å². The molecular formula is C20H19ClN2O4. The van der Waals surface area contributed by atoms with Gasteiger partial charge in [0, 0.05) is 10.6 Å². The van der Waals surface area contributed by atoms with Crippen molar-refractivity contribution < 1.29 is 19.1 Å². The highest BCUT2D eigenvalue weighted by atomic mass is 35.5. The number of rotatable bonds is 4. The molecule has 0 radical (unpaired) electrons. The summed E-state index contributed by atoms with van der Waals surface area (Å²) in [6.07, 6.45) is 1.68. The summed E-state index contributed by atoms with van der Waals surface area (Å²) in [7, 11) is 0. The lowest BCUT2D eigenvalue weighted by molar-refractivity contribution is -0.128. The Morgan fingerprint density at radius 3 is 2.78 bits per heavy atom. The fourth-order valence-corrected chi connectivity index (χ4v) is 2.71. The Morgan fingerprint density at radius 2 is 1.96 bits per heavy atom. The van der Waals surface area contributed by atoms with E-state index in [0.717, 1.165) is 11.1 Å². The highest BCUT2D eigenvalue weighted by molar-refractivity contribution is 6.30. The maximum atomic E-state index is 12.2. The molecule has 0 aromatic heterocycles. The van der Waals surface area contributed by atoms with E-state index in [2.05, 4.69) is 10.9 Å². The molecule has 1 aliphatic heterocycles. The van der Waals surface area contributed by atoms with E-state index in [1.807, 2.05) is 32.0 Å². The Labute approximate surface area is 162 Å². The minimum absolute atomic E-state index is 0.106. The zero-order chi connectivity index (χ0) is 19.4. The Hall–Kier alpha value is -2.99. The standard InChI is InChI=1S/C20H19ClN2O4/c1-12-3-4-13(2)18(7-12)27-11-19(24)22-23-20(25)15-8-14-9-16(21)5-6-17(14)26-10-15/h3-9H,10-11H2,1-2H3,(H,22,24)(H,23,25). The molecule has 0 saturated heterocycles. The second kappa shape index (κ2) is 8.14. The molecule has 140 valence electrons. The highest BCUT2D eigenvalue weighted by Crippen LogP contribution is 2.28. The first-order valence-corrected chi connectivity index (χ1v) is 8.72. The van der Waals surface area contributed by atoms with Crippen molar-refractivity contribution in [2.75, 3.05) is 13.2 Å². The Balaban J connectivity index is 1.53. The molecule has 2 aromatic carbocycles. The van der Waals surface area contributed by atoms with Crippen LogP contribution >= 0.6 is 11.6 Å². The number of amides is 2. The van der Waals surface area contributed by atoms with Crippen molar-refractivity contribution in [3.05, 3.63) is 63.7 Å². The van der Waals surface area contributed by atoms with Crippen molar-refractivity contribution in [1.82, 2.24) is 10.9 Å². The van der Waals surface area contributed by atoms with Crippen LogP contribution in [0.2, 0.25) is 5.02 Å². The van der Waals surface area contributed by atoms with E-state index in [1.165, 1.54) is 0 Å². The molecule has 0 fully saturated rings. The summed E-state index contributed by atoms with van der Waals surface area (Å²) >= 11 is 5.96. The SMILES string of the molecule is Cc1ccc(C)c(OCC(=O)NNC(=O)C2=Cc3cc(Cl)ccc3OC2)c1. The van der Waals surface area contributed by atoms with E-state index in [9.17, 15) is 9.59 Å². The molecule has 0 aliphatic carbocycles. The normalized spacial score (nSPS) is 12.3. The van der Waals surface area contributed by atoms with Gasteiger partial charge in [0.15, 0.2) is 6.61 Å². The number of aryl methyl sites for hydroxylation is 2. The molecular weight excluding hydrogens is 368 g/mol. The number of carbonyl (C=O) groups excluding carboxylic acids is 2. The van der Waals surface area contributed by atoms with Gasteiger partial charge >= 0.3 is 0 Å². The number of fused-ring (bicyclic) bond motifs is 1. The molecule has 0 bridgehead atoms. The van der Waals surface area contributed by atoms with E-state index < -0.39 is 11.8 Å². The zero-order valence-corrected chi connectivity index (χ0v) is 15.7. The fourth-order valence-electron chi connectivity index (χ4n) is 2.53. The van der Waals surface area contributed by atoms with E-state index in [1.54, 1.807) is 24.3 Å². The lowest BCUT2D eigenvalue weighted by atomic mass is 10.1. The number of hydrazine groups is 1. The van der Waals surface area contributed by atoms with Crippen LogP contribution in [-0.4, -0.2) is 25.0 Å². The van der Waals surface area contributed by atoms with Gasteiger partial charge in [-0.05, 0) is 55.3 Å². The number of halogens is 1. The van der Waals surface area contributed by atoms with Gasteiger partial charge in [0.05, 0.1) is 5.57 Å². The van der Waals surface area contributed by atoms with Crippen LogP contribution in [0, 0.1) is 13.8 Å². The predicted octanol–water partition coefficient (Wildman–Crippen LogP) is 2.96. The van der Waals surface area contributed by atoms with Gasteiger partial charge in [-0.1, -0.05) is 23.7 Å². The molecule has 0 unspecified atom stereocenters. The van der Waals surface area contributed by atoms with Crippen molar-refractivity contribution in [1.29, 1.82) is 0 Å². The minimum atomic E-state index is -0.468. The molecule has 1 heterocycles. The molecule has 0 spiro atoms. The van der Waals surface area contributed by atoms with E-state index in [4.69, 9.17) is 21.1 Å². The molecule has 3 rings (SSSR count). The number of ether oxygens (including phenoxy) is 2. The molecule has 1 aliphatic rings. The molecule has 2 amide bonds. The van der Waals surface area contributed by atoms with Gasteiger partial charge in [0.25, 0.3) is 11.8 Å². The molecule has 2 N–H and O–H groups in total. The van der Waals surface area contributed by atoms with Gasteiger partial charge in [-0.2, -0.15) is 0 Å². The van der Waals surface area contributed by atoms with E-state index in [0.29, 0.717) is 27.7 Å². The van der Waals surface area contributed by atoms with Gasteiger partial charge < -0.3 is 9.47 Å². The molecule has 6 nitrogen and oxygen atoms in total. The third-order valence-electron chi connectivity index (χ3n) is 3.99. The molecule has 2 aromatic rings. The van der Waals surface area contributed by atoms with Crippen molar-refractivity contribution in [3.8, 4) is 11.5 Å². The third-order valence-corrected chi connectivity index (χ3v) is 4.23. The van der Waals surface area contributed by atoms with Crippen LogP contribution in [0.3, 0.4) is 0 Å². The first-order chi connectivity index (χ1) is 12.9. The van der Waals surface area contributed by atoms with Gasteiger partial charge in [-0.25, -0.2) is 0 Å². The maximum Gasteiger partial charge on any atom is 0.276 e. The summed E-state index contributed by atoms with van der Waals surface area (Å²) in [6, 6.07) is 10.9. The van der Waals surface area contributed by atoms with Gasteiger partial charge in [-0.3, -0.25) is 20.4 Å². The number of nitrogens with one attached hydrogen (secondary N) is 2. The average molecular weight is 387 g/mol. The summed E-state index contributed by atoms with van der Waals surface area (Å²) in [5.74, 6) is 0.362. The lowest BCUT2D eigenvalue weighted by Crippen LogP contribution is -2.45. The van der Waals surface area contributed by atoms with Crippen molar-refractivity contribution in [2.45, 2.75) is 13.8 Å². The number of carbonyl (C=O) groups is 2. The lowest BCUT2D eigenvalue weighted by Gasteiger charge is -2.18. The van der Waals surface area contributed by atoms with Gasteiger partial charge in [-0.15, -0.1) is 0 Å². The fraction of sp³-hybridized carbons (Fsp3) is 0.200. The molecule has 0 atom stereocenters. The number of benzene rings is 2. The molecule has 0 saturated carbocycles. The first kappa shape index (κ1) is 18.8. The Bertz CT molecular complexity index is 924. The Kier molecular flexibility index (Phi) is 5.66. The van der Waals surface area contributed by atoms with Crippen LogP contribution in [0.5, 0.6) is 11.5 Å². The summed E-state index contributed by atoms with van der Waals surface area (Å²) in [4.78, 5) is 24.1. The Morgan fingerprint density at radius 1 is 1.15 bits per heavy atom. The van der Waals surface area contributed by atoms with Crippen LogP contribution in [0.4, 0.5) is 0 Å². The van der Waals surface area contributed by atoms with Crippen LogP contribution in [0.15, 0.2) is 42.0 Å². The smallest absolute Gasteiger partial charge is 0.276 e. The predicted molar refractivity (Wildman–Crippen MR) is 103 cm³/mol. The zero-order valence-electron chi connectivity index (χ0n) is 15.0. The van der Waals surface area contributed by atoms with Crippen molar-refractivity contribution in [2.24, 2.45) is 0 Å². The van der Waals surface area contributed by atoms with Crippen LogP contribution in [0.1, 0.15) is 16.7 Å². The average Bonchev–Trinajstić information content (AvgIpc) is 2.66. The summed E-state index contributed by atoms with van der Waals surface area (Å²) < 4.78 is 11.0. The van der Waals surface area contributed by atoms with Crippen LogP contribution in [-0.2, 0) is 9.59 Å². The van der Waals surface area contributed by atoms with Crippen molar-refractivity contribution >= 4 is 29.5 Å². The minimum Gasteiger partial charge on any atom is -0.488 e. The summed E-state index contributed by atoms with van der Waals surface area (Å²) in [5.41, 5.74) is 7.75. The molecule has 7 heteroatoms. The first-order valence-electron chi connectivity index (χ1n) is 8.34. The largest absolute Gasteiger partial charge is 0.488 e. The van der Waals surface area contributed by atoms with Crippen molar-refractivity contribution in [3.63, 3.8) is 0 Å². The number of hydrogen-bond acceptors (Lipinski definition) is 4. The summed E-state index contributed by atoms with van der Waals surface area (Å²) in [5, 5.41) is 0.548. The van der Waals surface area contributed by atoms with Crippen LogP contribution < -0.4 is 20.3 Å². The van der Waals surface area contributed by atoms with Gasteiger partial charge in [0.2, 0.25) is 0 Å². The quantitative estimate of drug-likeness (QED) is 0.792. The van der Waals surface area contributed by atoms with E-state index in [-0.39, 0.29) is 13.2 Å². The maximum absolute atomic E-state index is 12.2.